The molecule has 2 aromatic carbocycles. The molecule has 5 nitrogen and oxygen atoms in total. The summed E-state index contributed by atoms with van der Waals surface area (Å²) in [7, 11) is -3.14. The fourth-order valence-corrected chi connectivity index (χ4v) is 8.44. The summed E-state index contributed by atoms with van der Waals surface area (Å²) >= 11 is 6.86. The third kappa shape index (κ3) is 2.43. The van der Waals surface area contributed by atoms with Crippen LogP contribution in [0.5, 0.6) is 0 Å². The highest BCUT2D eigenvalue weighted by Crippen LogP contribution is 2.44. The summed E-state index contributed by atoms with van der Waals surface area (Å²) in [6, 6.07) is 11.6. The topological polar surface area (TPSA) is 71.5 Å². The van der Waals surface area contributed by atoms with E-state index >= 15 is 0 Å². The standard InChI is InChI=1S/C19H13NO4S3/c21-17-10-4-1-2-5-11(10)18(22)16-12(17)6-3-7-13(16)20-14-8-27(23,24)9-15(14)26-19(20)25/h1-7,14-15H,8-9H2. The quantitative estimate of drug-likeness (QED) is 0.566. The van der Waals surface area contributed by atoms with Crippen LogP contribution < -0.4 is 4.90 Å². The van der Waals surface area contributed by atoms with Crippen LogP contribution in [0.4, 0.5) is 5.69 Å². The van der Waals surface area contributed by atoms with Crippen LogP contribution in [-0.2, 0) is 9.84 Å². The lowest BCUT2D eigenvalue weighted by molar-refractivity contribution is 0.0979. The van der Waals surface area contributed by atoms with Crippen LogP contribution in [0, 0.1) is 0 Å². The molecule has 2 aliphatic heterocycles. The maximum atomic E-state index is 13.2. The molecule has 2 fully saturated rings. The van der Waals surface area contributed by atoms with Gasteiger partial charge in [-0.3, -0.25) is 9.59 Å². The molecule has 0 spiro atoms. The van der Waals surface area contributed by atoms with Gasteiger partial charge < -0.3 is 4.90 Å². The van der Waals surface area contributed by atoms with Crippen LogP contribution in [0.2, 0.25) is 0 Å². The van der Waals surface area contributed by atoms with Gasteiger partial charge in [0.15, 0.2) is 21.4 Å². The van der Waals surface area contributed by atoms with Crippen LogP contribution in [0.3, 0.4) is 0 Å². The zero-order valence-electron chi connectivity index (χ0n) is 13.9. The van der Waals surface area contributed by atoms with Gasteiger partial charge in [0, 0.05) is 21.9 Å². The summed E-state index contributed by atoms with van der Waals surface area (Å²) in [6.45, 7) is 0. The van der Waals surface area contributed by atoms with Crippen LogP contribution in [0.1, 0.15) is 31.8 Å². The van der Waals surface area contributed by atoms with Gasteiger partial charge >= 0.3 is 0 Å². The molecule has 0 aromatic heterocycles. The first kappa shape index (κ1) is 17.1. The van der Waals surface area contributed by atoms with E-state index in [1.807, 2.05) is 0 Å². The maximum Gasteiger partial charge on any atom is 0.196 e. The second-order valence-electron chi connectivity index (χ2n) is 6.84. The maximum absolute atomic E-state index is 13.2. The van der Waals surface area contributed by atoms with Crippen molar-refractivity contribution in [3.05, 3.63) is 64.7 Å². The number of benzene rings is 2. The van der Waals surface area contributed by atoms with E-state index in [4.69, 9.17) is 12.2 Å². The first-order valence-electron chi connectivity index (χ1n) is 8.39. The van der Waals surface area contributed by atoms with Gasteiger partial charge in [-0.1, -0.05) is 60.4 Å². The van der Waals surface area contributed by atoms with E-state index in [0.717, 1.165) is 0 Å². The lowest BCUT2D eigenvalue weighted by Gasteiger charge is -2.29. The van der Waals surface area contributed by atoms with Crippen LogP contribution >= 0.6 is 24.0 Å². The van der Waals surface area contributed by atoms with Gasteiger partial charge in [-0.2, -0.15) is 0 Å². The minimum Gasteiger partial charge on any atom is -0.321 e. The van der Waals surface area contributed by atoms with Gasteiger partial charge in [0.05, 0.1) is 28.8 Å². The Balaban J connectivity index is 1.69. The number of thioether (sulfide) groups is 1. The lowest BCUT2D eigenvalue weighted by Crippen LogP contribution is -2.38. The van der Waals surface area contributed by atoms with Crippen LogP contribution in [0.15, 0.2) is 42.5 Å². The number of rotatable bonds is 1. The number of thiocarbonyl (C=S) groups is 1. The summed E-state index contributed by atoms with van der Waals surface area (Å²) < 4.78 is 24.7. The molecule has 1 aliphatic carbocycles. The summed E-state index contributed by atoms with van der Waals surface area (Å²) in [5, 5.41) is -0.139. The Kier molecular flexibility index (Phi) is 3.63. The highest BCUT2D eigenvalue weighted by atomic mass is 32.2. The molecule has 2 saturated heterocycles. The van der Waals surface area contributed by atoms with Crippen molar-refractivity contribution in [1.29, 1.82) is 0 Å². The van der Waals surface area contributed by atoms with Gasteiger partial charge in [0.1, 0.15) is 4.32 Å². The minimum atomic E-state index is -3.14. The van der Waals surface area contributed by atoms with Crippen molar-refractivity contribution in [1.82, 2.24) is 0 Å². The van der Waals surface area contributed by atoms with Crippen LogP contribution in [0.25, 0.3) is 0 Å². The average molecular weight is 416 g/mol. The summed E-state index contributed by atoms with van der Waals surface area (Å²) in [5.74, 6) is -0.333. The first-order chi connectivity index (χ1) is 12.9. The van der Waals surface area contributed by atoms with Crippen molar-refractivity contribution in [3.63, 3.8) is 0 Å². The lowest BCUT2D eigenvalue weighted by atomic mass is 9.83. The predicted octanol–water partition coefficient (Wildman–Crippen LogP) is 2.47. The van der Waals surface area contributed by atoms with Gasteiger partial charge in [0.2, 0.25) is 0 Å². The predicted molar refractivity (Wildman–Crippen MR) is 109 cm³/mol. The number of ketones is 2. The molecular weight excluding hydrogens is 402 g/mol. The first-order valence-corrected chi connectivity index (χ1v) is 11.5. The average Bonchev–Trinajstić information content (AvgIpc) is 3.08. The molecule has 0 amide bonds. The summed E-state index contributed by atoms with van der Waals surface area (Å²) in [4.78, 5) is 27.9. The number of carbonyl (C=O) groups excluding carboxylic acids is 2. The van der Waals surface area contributed by atoms with E-state index in [9.17, 15) is 18.0 Å². The molecule has 2 unspecified atom stereocenters. The summed E-state index contributed by atoms with van der Waals surface area (Å²) in [5.41, 5.74) is 1.95. The summed E-state index contributed by atoms with van der Waals surface area (Å²) in [6.07, 6.45) is 0. The van der Waals surface area contributed by atoms with E-state index < -0.39 is 9.84 Å². The molecule has 0 radical (unpaired) electrons. The molecule has 2 aromatic rings. The zero-order valence-corrected chi connectivity index (χ0v) is 16.4. The second-order valence-corrected chi connectivity index (χ2v) is 10.9. The third-order valence-corrected chi connectivity index (χ3v) is 8.84. The Hall–Kier alpha value is -2.03. The van der Waals surface area contributed by atoms with E-state index in [0.29, 0.717) is 32.3 Å². The molecule has 2 atom stereocenters. The zero-order chi connectivity index (χ0) is 18.9. The molecule has 0 N–H and O–H groups in total. The van der Waals surface area contributed by atoms with E-state index in [-0.39, 0.29) is 34.4 Å². The monoisotopic (exact) mass is 415 g/mol. The van der Waals surface area contributed by atoms with Crippen molar-refractivity contribution < 1.29 is 18.0 Å². The Morgan fingerprint density at radius 2 is 1.59 bits per heavy atom. The van der Waals surface area contributed by atoms with Gasteiger partial charge in [0.25, 0.3) is 0 Å². The van der Waals surface area contributed by atoms with Gasteiger partial charge in [-0.05, 0) is 6.07 Å². The Labute approximate surface area is 165 Å². The number of nitrogens with zero attached hydrogens (tertiary/aromatic N) is 1. The second kappa shape index (κ2) is 5.73. The molecule has 5 rings (SSSR count). The number of anilines is 1. The highest BCUT2D eigenvalue weighted by molar-refractivity contribution is 8.24. The molecule has 136 valence electrons. The number of carbonyl (C=O) groups is 2. The van der Waals surface area contributed by atoms with Gasteiger partial charge in [-0.15, -0.1) is 0 Å². The Morgan fingerprint density at radius 1 is 0.926 bits per heavy atom. The fraction of sp³-hybridized carbons (Fsp3) is 0.211. The number of sulfone groups is 1. The van der Waals surface area contributed by atoms with E-state index in [1.54, 1.807) is 47.4 Å². The molecule has 3 aliphatic rings. The smallest absolute Gasteiger partial charge is 0.196 e. The van der Waals surface area contributed by atoms with Crippen molar-refractivity contribution >= 4 is 55.4 Å². The van der Waals surface area contributed by atoms with Crippen molar-refractivity contribution in [3.8, 4) is 0 Å². The molecule has 27 heavy (non-hydrogen) atoms. The van der Waals surface area contributed by atoms with E-state index in [1.165, 1.54) is 11.8 Å². The molecule has 8 heteroatoms. The minimum absolute atomic E-state index is 0.00714. The molecular formula is C19H13NO4S3. The Bertz CT molecular complexity index is 1160. The van der Waals surface area contributed by atoms with Crippen molar-refractivity contribution in [2.75, 3.05) is 16.4 Å². The van der Waals surface area contributed by atoms with Crippen molar-refractivity contribution in [2.24, 2.45) is 0 Å². The third-order valence-electron chi connectivity index (χ3n) is 5.24. The fourth-order valence-electron chi connectivity index (χ4n) is 4.08. The largest absolute Gasteiger partial charge is 0.321 e. The van der Waals surface area contributed by atoms with Crippen LogP contribution in [-0.4, -0.2) is 47.1 Å². The van der Waals surface area contributed by atoms with Gasteiger partial charge in [-0.25, -0.2) is 8.42 Å². The van der Waals surface area contributed by atoms with Crippen molar-refractivity contribution in [2.45, 2.75) is 11.3 Å². The number of fused-ring (bicyclic) bond motifs is 3. The normalized spacial score (nSPS) is 25.3. The SMILES string of the molecule is O=C1c2ccccc2C(=O)c2c1cccc2N1C(=S)SC2CS(=O)(=O)CC21. The molecule has 0 saturated carbocycles. The van der Waals surface area contributed by atoms with E-state index in [2.05, 4.69) is 0 Å². The molecule has 0 bridgehead atoms. The Morgan fingerprint density at radius 3 is 2.33 bits per heavy atom. The highest BCUT2D eigenvalue weighted by Gasteiger charge is 2.49. The number of hydrogen-bond donors (Lipinski definition) is 0. The molecule has 2 heterocycles. The number of hydrogen-bond acceptors (Lipinski definition) is 6.